The van der Waals surface area contributed by atoms with Gasteiger partial charge in [0.15, 0.2) is 0 Å². The number of hydrogen-bond donors (Lipinski definition) is 1. The van der Waals surface area contributed by atoms with Crippen LogP contribution in [-0.2, 0) is 28.3 Å². The minimum absolute atomic E-state index is 0.320. The zero-order valence-corrected chi connectivity index (χ0v) is 14.9. The fraction of sp³-hybridized carbons (Fsp3) is 0.263. The van der Waals surface area contributed by atoms with Gasteiger partial charge in [0.05, 0.1) is 23.8 Å². The van der Waals surface area contributed by atoms with Gasteiger partial charge in [0.25, 0.3) is 5.91 Å². The number of amides is 1. The predicted molar refractivity (Wildman–Crippen MR) is 89.9 cm³/mol. The Labute approximate surface area is 161 Å². The van der Waals surface area contributed by atoms with E-state index in [0.29, 0.717) is 6.07 Å². The van der Waals surface area contributed by atoms with E-state index in [-0.39, 0.29) is 5.56 Å². The SMILES string of the molecule is COC(=O)[C@@H](Cc1ccccc1C(F)(F)F)NC(=O)c1ccccc1C(F)(F)F. The second kappa shape index (κ2) is 8.54. The number of carbonyl (C=O) groups excluding carboxylic acids is 2. The lowest BCUT2D eigenvalue weighted by atomic mass is 9.99. The highest BCUT2D eigenvalue weighted by atomic mass is 19.4. The molecule has 1 atom stereocenters. The molecule has 0 spiro atoms. The number of nitrogens with one attached hydrogen (secondary N) is 1. The summed E-state index contributed by atoms with van der Waals surface area (Å²) in [6.07, 6.45) is -10.2. The van der Waals surface area contributed by atoms with Crippen LogP contribution in [0.15, 0.2) is 48.5 Å². The van der Waals surface area contributed by atoms with Crippen LogP contribution in [0.1, 0.15) is 27.0 Å². The van der Waals surface area contributed by atoms with Crippen LogP contribution < -0.4 is 5.32 Å². The maximum atomic E-state index is 13.2. The minimum Gasteiger partial charge on any atom is -0.467 e. The number of ether oxygens (including phenoxy) is 1. The molecule has 0 saturated heterocycles. The lowest BCUT2D eigenvalue weighted by Crippen LogP contribution is -2.43. The first-order valence-electron chi connectivity index (χ1n) is 8.15. The molecule has 2 aromatic carbocycles. The van der Waals surface area contributed by atoms with Crippen LogP contribution in [-0.4, -0.2) is 25.0 Å². The van der Waals surface area contributed by atoms with Crippen LogP contribution in [0.4, 0.5) is 26.3 Å². The predicted octanol–water partition coefficient (Wildman–Crippen LogP) is 4.24. The van der Waals surface area contributed by atoms with Crippen molar-refractivity contribution in [1.29, 1.82) is 0 Å². The fourth-order valence-corrected chi connectivity index (χ4v) is 2.69. The molecule has 10 heteroatoms. The third-order valence-corrected chi connectivity index (χ3v) is 4.01. The van der Waals surface area contributed by atoms with E-state index in [0.717, 1.165) is 37.4 Å². The van der Waals surface area contributed by atoms with E-state index < -0.39 is 53.4 Å². The Morgan fingerprint density at radius 1 is 0.897 bits per heavy atom. The summed E-state index contributed by atoms with van der Waals surface area (Å²) in [5.41, 5.74) is -3.35. The summed E-state index contributed by atoms with van der Waals surface area (Å²) >= 11 is 0. The molecule has 29 heavy (non-hydrogen) atoms. The van der Waals surface area contributed by atoms with Gasteiger partial charge in [-0.15, -0.1) is 0 Å². The van der Waals surface area contributed by atoms with Crippen LogP contribution in [0.2, 0.25) is 0 Å². The molecule has 0 saturated carbocycles. The Balaban J connectivity index is 2.35. The first kappa shape index (κ1) is 22.3. The summed E-state index contributed by atoms with van der Waals surface area (Å²) in [5, 5.41) is 2.04. The molecular formula is C19H15F6NO3. The third kappa shape index (κ3) is 5.49. The number of esters is 1. The summed E-state index contributed by atoms with van der Waals surface area (Å²) in [6, 6.07) is 6.58. The summed E-state index contributed by atoms with van der Waals surface area (Å²) in [5.74, 6) is -2.36. The van der Waals surface area contributed by atoms with Crippen LogP contribution in [0.3, 0.4) is 0 Å². The molecule has 2 rings (SSSR count). The van der Waals surface area contributed by atoms with Gasteiger partial charge in [-0.2, -0.15) is 26.3 Å². The van der Waals surface area contributed by atoms with E-state index in [2.05, 4.69) is 4.74 Å². The molecule has 0 aromatic heterocycles. The van der Waals surface area contributed by atoms with E-state index in [4.69, 9.17) is 0 Å². The van der Waals surface area contributed by atoms with E-state index in [1.54, 1.807) is 0 Å². The molecule has 0 radical (unpaired) electrons. The van der Waals surface area contributed by atoms with Crippen molar-refractivity contribution >= 4 is 11.9 Å². The van der Waals surface area contributed by atoms with Crippen molar-refractivity contribution < 1.29 is 40.7 Å². The first-order valence-corrected chi connectivity index (χ1v) is 8.15. The topological polar surface area (TPSA) is 55.4 Å². The van der Waals surface area contributed by atoms with Crippen molar-refractivity contribution in [2.75, 3.05) is 7.11 Å². The van der Waals surface area contributed by atoms with Crippen molar-refractivity contribution in [3.05, 3.63) is 70.8 Å². The number of halogens is 6. The minimum atomic E-state index is -4.84. The molecule has 2 aromatic rings. The van der Waals surface area contributed by atoms with Gasteiger partial charge in [-0.1, -0.05) is 30.3 Å². The van der Waals surface area contributed by atoms with Crippen molar-refractivity contribution in [1.82, 2.24) is 5.32 Å². The van der Waals surface area contributed by atoms with Gasteiger partial charge in [-0.25, -0.2) is 4.79 Å². The van der Waals surface area contributed by atoms with Gasteiger partial charge in [0, 0.05) is 6.42 Å². The number of benzene rings is 2. The maximum Gasteiger partial charge on any atom is 0.417 e. The molecule has 4 nitrogen and oxygen atoms in total. The highest BCUT2D eigenvalue weighted by Crippen LogP contribution is 2.33. The summed E-state index contributed by atoms with van der Waals surface area (Å²) < 4.78 is 83.3. The average Bonchev–Trinajstić information content (AvgIpc) is 2.65. The van der Waals surface area contributed by atoms with Gasteiger partial charge >= 0.3 is 18.3 Å². The Hall–Kier alpha value is -3.04. The third-order valence-electron chi connectivity index (χ3n) is 4.01. The average molecular weight is 419 g/mol. The Morgan fingerprint density at radius 3 is 1.97 bits per heavy atom. The van der Waals surface area contributed by atoms with Crippen molar-refractivity contribution in [2.45, 2.75) is 24.8 Å². The molecule has 156 valence electrons. The number of hydrogen-bond acceptors (Lipinski definition) is 3. The van der Waals surface area contributed by atoms with Crippen molar-refractivity contribution in [3.8, 4) is 0 Å². The number of rotatable bonds is 5. The fourth-order valence-electron chi connectivity index (χ4n) is 2.69. The highest BCUT2D eigenvalue weighted by Gasteiger charge is 2.37. The Bertz CT molecular complexity index is 892. The number of methoxy groups -OCH3 is 1. The highest BCUT2D eigenvalue weighted by molar-refractivity contribution is 5.98. The molecule has 0 aliphatic rings. The van der Waals surface area contributed by atoms with Gasteiger partial charge in [0.1, 0.15) is 6.04 Å². The summed E-state index contributed by atoms with van der Waals surface area (Å²) in [6.45, 7) is 0. The van der Waals surface area contributed by atoms with Gasteiger partial charge in [-0.05, 0) is 23.8 Å². The van der Waals surface area contributed by atoms with E-state index in [1.807, 2.05) is 5.32 Å². The van der Waals surface area contributed by atoms with Crippen LogP contribution in [0.25, 0.3) is 0 Å². The molecule has 0 heterocycles. The second-order valence-electron chi connectivity index (χ2n) is 5.95. The van der Waals surface area contributed by atoms with E-state index in [1.165, 1.54) is 12.1 Å². The monoisotopic (exact) mass is 419 g/mol. The molecule has 1 N–H and O–H groups in total. The molecule has 0 aliphatic carbocycles. The zero-order valence-electron chi connectivity index (χ0n) is 14.9. The molecular weight excluding hydrogens is 404 g/mol. The second-order valence-corrected chi connectivity index (χ2v) is 5.95. The summed E-state index contributed by atoms with van der Waals surface area (Å²) in [7, 11) is 0.945. The normalized spacial score (nSPS) is 12.9. The zero-order chi connectivity index (χ0) is 21.8. The maximum absolute atomic E-state index is 13.2. The van der Waals surface area contributed by atoms with Gasteiger partial charge < -0.3 is 10.1 Å². The quantitative estimate of drug-likeness (QED) is 0.583. The van der Waals surface area contributed by atoms with Crippen LogP contribution in [0, 0.1) is 0 Å². The largest absolute Gasteiger partial charge is 0.467 e. The van der Waals surface area contributed by atoms with Crippen LogP contribution in [0.5, 0.6) is 0 Å². The Kier molecular flexibility index (Phi) is 6.55. The lowest BCUT2D eigenvalue weighted by molar-refractivity contribution is -0.144. The number of carbonyl (C=O) groups is 2. The standard InChI is InChI=1S/C19H15F6NO3/c1-29-17(28)15(10-11-6-2-4-8-13(11)18(20,21)22)26-16(27)12-7-3-5-9-14(12)19(23,24)25/h2-9,15H,10H2,1H3,(H,26,27)/t15-/m1/s1. The van der Waals surface area contributed by atoms with Crippen molar-refractivity contribution in [3.63, 3.8) is 0 Å². The molecule has 0 unspecified atom stereocenters. The van der Waals surface area contributed by atoms with Crippen LogP contribution >= 0.6 is 0 Å². The number of alkyl halides is 6. The van der Waals surface area contributed by atoms with Gasteiger partial charge in [0.2, 0.25) is 0 Å². The van der Waals surface area contributed by atoms with E-state index in [9.17, 15) is 35.9 Å². The molecule has 1 amide bonds. The molecule has 0 fully saturated rings. The molecule has 0 bridgehead atoms. The Morgan fingerprint density at radius 2 is 1.41 bits per heavy atom. The lowest BCUT2D eigenvalue weighted by Gasteiger charge is -2.20. The van der Waals surface area contributed by atoms with Gasteiger partial charge in [-0.3, -0.25) is 4.79 Å². The van der Waals surface area contributed by atoms with E-state index >= 15 is 0 Å². The molecule has 0 aliphatic heterocycles. The smallest absolute Gasteiger partial charge is 0.417 e. The van der Waals surface area contributed by atoms with Crippen molar-refractivity contribution in [2.24, 2.45) is 0 Å². The summed E-state index contributed by atoms with van der Waals surface area (Å²) in [4.78, 5) is 24.4. The first-order chi connectivity index (χ1) is 13.4.